The van der Waals surface area contributed by atoms with Crippen LogP contribution in [0.4, 0.5) is 5.00 Å². The maximum atomic E-state index is 12.2. The van der Waals surface area contributed by atoms with Crippen LogP contribution in [0.3, 0.4) is 0 Å². The first-order chi connectivity index (χ1) is 12.7. The van der Waals surface area contributed by atoms with E-state index in [1.54, 1.807) is 11.3 Å². The number of ether oxygens (including phenoxy) is 1. The van der Waals surface area contributed by atoms with Gasteiger partial charge < -0.3 is 15.4 Å². The third-order valence-electron chi connectivity index (χ3n) is 6.26. The first-order valence-electron chi connectivity index (χ1n) is 10.0. The van der Waals surface area contributed by atoms with E-state index in [0.717, 1.165) is 40.6 Å². The quantitative estimate of drug-likeness (QED) is 0.466. The van der Waals surface area contributed by atoms with Crippen LogP contribution in [-0.4, -0.2) is 24.2 Å². The van der Waals surface area contributed by atoms with Crippen LogP contribution in [0.2, 0.25) is 0 Å². The first kappa shape index (κ1) is 22.2. The zero-order valence-corrected chi connectivity index (χ0v) is 19.2. The van der Waals surface area contributed by atoms with Crippen molar-refractivity contribution < 1.29 is 9.53 Å². The minimum Gasteiger partial charge on any atom is -0.465 e. The highest BCUT2D eigenvalue weighted by molar-refractivity contribution is 7.80. The van der Waals surface area contributed by atoms with E-state index in [-0.39, 0.29) is 5.97 Å². The molecule has 0 spiro atoms. The second-order valence-electron chi connectivity index (χ2n) is 8.18. The van der Waals surface area contributed by atoms with E-state index in [2.05, 4.69) is 38.3 Å². The lowest BCUT2D eigenvalue weighted by molar-refractivity contribution is 0.0601. The number of thiophene rings is 1. The van der Waals surface area contributed by atoms with Gasteiger partial charge in [-0.25, -0.2) is 4.79 Å². The molecule has 0 amide bonds. The molecule has 1 aromatic rings. The molecule has 0 atom stereocenters. The maximum absolute atomic E-state index is 12.2. The van der Waals surface area contributed by atoms with E-state index >= 15 is 0 Å². The Bertz CT molecular complexity index is 674. The zero-order chi connectivity index (χ0) is 20.2. The maximum Gasteiger partial charge on any atom is 0.341 e. The molecule has 27 heavy (non-hydrogen) atoms. The molecule has 0 aromatic carbocycles. The van der Waals surface area contributed by atoms with Gasteiger partial charge >= 0.3 is 5.97 Å². The fourth-order valence-corrected chi connectivity index (χ4v) is 5.51. The van der Waals surface area contributed by atoms with E-state index in [9.17, 15) is 4.79 Å². The third kappa shape index (κ3) is 5.23. The average Bonchev–Trinajstić information content (AvgIpc) is 2.96. The Kier molecular flexibility index (Phi) is 7.69. The van der Waals surface area contributed by atoms with Crippen molar-refractivity contribution in [2.45, 2.75) is 79.2 Å². The van der Waals surface area contributed by atoms with Gasteiger partial charge in [0.15, 0.2) is 5.11 Å². The van der Waals surface area contributed by atoms with Gasteiger partial charge in [-0.3, -0.25) is 0 Å². The number of nitrogens with one attached hydrogen (secondary N) is 2. The molecule has 0 saturated heterocycles. The molecule has 2 rings (SSSR count). The molecule has 1 heterocycles. The smallest absolute Gasteiger partial charge is 0.341 e. The lowest BCUT2D eigenvalue weighted by Gasteiger charge is -2.39. The molecular formula is C21H34N2O2S2. The second kappa shape index (κ2) is 9.37. The predicted molar refractivity (Wildman–Crippen MR) is 119 cm³/mol. The van der Waals surface area contributed by atoms with E-state index in [1.165, 1.54) is 26.4 Å². The van der Waals surface area contributed by atoms with Crippen LogP contribution < -0.4 is 10.6 Å². The van der Waals surface area contributed by atoms with E-state index in [1.807, 2.05) is 6.92 Å². The summed E-state index contributed by atoms with van der Waals surface area (Å²) in [5.41, 5.74) is 2.09. The highest BCUT2D eigenvalue weighted by Gasteiger charge is 2.32. The summed E-state index contributed by atoms with van der Waals surface area (Å²) >= 11 is 7.11. The van der Waals surface area contributed by atoms with Gasteiger partial charge in [-0.15, -0.1) is 11.3 Å². The van der Waals surface area contributed by atoms with Gasteiger partial charge in [-0.2, -0.15) is 0 Å². The Hall–Kier alpha value is -1.14. The summed E-state index contributed by atoms with van der Waals surface area (Å²) in [6.45, 7) is 11.1. The van der Waals surface area contributed by atoms with Crippen molar-refractivity contribution in [3.05, 3.63) is 16.0 Å². The topological polar surface area (TPSA) is 50.4 Å². The van der Waals surface area contributed by atoms with E-state index in [4.69, 9.17) is 17.0 Å². The normalized spacial score (nSPS) is 20.2. The van der Waals surface area contributed by atoms with Crippen LogP contribution in [0.5, 0.6) is 0 Å². The number of thiocarbonyl (C=S) groups is 1. The number of hydrogen-bond acceptors (Lipinski definition) is 4. The van der Waals surface area contributed by atoms with Crippen molar-refractivity contribution in [1.82, 2.24) is 5.32 Å². The molecule has 2 N–H and O–H groups in total. The Labute approximate surface area is 173 Å². The molecule has 1 aliphatic carbocycles. The van der Waals surface area contributed by atoms with Crippen LogP contribution in [0.15, 0.2) is 0 Å². The highest BCUT2D eigenvalue weighted by Crippen LogP contribution is 2.40. The van der Waals surface area contributed by atoms with E-state index < -0.39 is 0 Å². The molecule has 152 valence electrons. The number of carbonyl (C=O) groups is 1. The molecule has 1 saturated carbocycles. The molecular weight excluding hydrogens is 376 g/mol. The molecule has 0 aliphatic heterocycles. The number of carbonyl (C=O) groups excluding carboxylic acids is 1. The standard InChI is InChI=1S/C21H34N2O2S2/c1-7-16-13(3)27-18(17(16)19(24)25-6)23-20(26)22-15-11-9-14(10-12-15)21(4,5)8-2/h14-15H,7-12H2,1-6H3,(H2,22,23,26). The Morgan fingerprint density at radius 3 is 2.41 bits per heavy atom. The van der Waals surface area contributed by atoms with Crippen LogP contribution in [0.1, 0.15) is 80.6 Å². The van der Waals surface area contributed by atoms with Crippen molar-refractivity contribution in [2.75, 3.05) is 12.4 Å². The lowest BCUT2D eigenvalue weighted by atomic mass is 9.69. The number of rotatable bonds is 6. The Balaban J connectivity index is 1.98. The van der Waals surface area contributed by atoms with Gasteiger partial charge in [-0.05, 0) is 68.1 Å². The van der Waals surface area contributed by atoms with Gasteiger partial charge in [0.05, 0.1) is 12.7 Å². The molecule has 1 aromatic heterocycles. The monoisotopic (exact) mass is 410 g/mol. The Morgan fingerprint density at radius 2 is 1.89 bits per heavy atom. The van der Waals surface area contributed by atoms with Crippen molar-refractivity contribution in [3.8, 4) is 0 Å². The summed E-state index contributed by atoms with van der Waals surface area (Å²) in [5, 5.41) is 8.11. The summed E-state index contributed by atoms with van der Waals surface area (Å²) in [5.74, 6) is 0.490. The second-order valence-corrected chi connectivity index (χ2v) is 9.81. The van der Waals surface area contributed by atoms with Crippen molar-refractivity contribution >= 4 is 39.6 Å². The summed E-state index contributed by atoms with van der Waals surface area (Å²) < 4.78 is 4.98. The summed E-state index contributed by atoms with van der Waals surface area (Å²) in [7, 11) is 1.42. The fourth-order valence-electron chi connectivity index (χ4n) is 4.04. The number of esters is 1. The van der Waals surface area contributed by atoms with Crippen LogP contribution in [0, 0.1) is 18.3 Å². The van der Waals surface area contributed by atoms with Crippen molar-refractivity contribution in [3.63, 3.8) is 0 Å². The minimum absolute atomic E-state index is 0.302. The fraction of sp³-hybridized carbons (Fsp3) is 0.714. The summed E-state index contributed by atoms with van der Waals surface area (Å²) in [6.07, 6.45) is 6.79. The SMILES string of the molecule is CCc1c(C)sc(NC(=S)NC2CCC(C(C)(C)CC)CC2)c1C(=O)OC. The summed E-state index contributed by atoms with van der Waals surface area (Å²) in [6, 6.07) is 0.405. The number of aryl methyl sites for hydroxylation is 1. The van der Waals surface area contributed by atoms with Crippen molar-refractivity contribution in [2.24, 2.45) is 11.3 Å². The molecule has 0 radical (unpaired) electrons. The molecule has 1 aliphatic rings. The van der Waals surface area contributed by atoms with Crippen LogP contribution in [0.25, 0.3) is 0 Å². The Morgan fingerprint density at radius 1 is 1.26 bits per heavy atom. The van der Waals surface area contributed by atoms with Gasteiger partial charge in [-0.1, -0.05) is 34.1 Å². The molecule has 6 heteroatoms. The van der Waals surface area contributed by atoms with Crippen LogP contribution >= 0.6 is 23.6 Å². The van der Waals surface area contributed by atoms with Crippen molar-refractivity contribution in [1.29, 1.82) is 0 Å². The lowest BCUT2D eigenvalue weighted by Crippen LogP contribution is -2.41. The number of anilines is 1. The van der Waals surface area contributed by atoms with Gasteiger partial charge in [0, 0.05) is 10.9 Å². The molecule has 1 fully saturated rings. The largest absolute Gasteiger partial charge is 0.465 e. The molecule has 0 unspecified atom stereocenters. The first-order valence-corrected chi connectivity index (χ1v) is 11.2. The van der Waals surface area contributed by atoms with Crippen LogP contribution in [-0.2, 0) is 11.2 Å². The van der Waals surface area contributed by atoms with Gasteiger partial charge in [0.2, 0.25) is 0 Å². The number of methoxy groups -OCH3 is 1. The highest BCUT2D eigenvalue weighted by atomic mass is 32.1. The van der Waals surface area contributed by atoms with Gasteiger partial charge in [0.1, 0.15) is 5.00 Å². The number of hydrogen-bond donors (Lipinski definition) is 2. The molecule has 4 nitrogen and oxygen atoms in total. The minimum atomic E-state index is -0.302. The predicted octanol–water partition coefficient (Wildman–Crippen LogP) is 5.69. The van der Waals surface area contributed by atoms with E-state index in [0.29, 0.717) is 22.1 Å². The third-order valence-corrected chi connectivity index (χ3v) is 7.54. The average molecular weight is 411 g/mol. The molecule has 0 bridgehead atoms. The van der Waals surface area contributed by atoms with Gasteiger partial charge in [0.25, 0.3) is 0 Å². The zero-order valence-electron chi connectivity index (χ0n) is 17.5. The summed E-state index contributed by atoms with van der Waals surface area (Å²) in [4.78, 5) is 13.4.